The first kappa shape index (κ1) is 23.1. The SMILES string of the molecule is COc1cccc(CNC(=O)Cn2nc3n(Cc4ccc(C)cc4)c(=O)c4ccccc4n3c2=O)c1. The summed E-state index contributed by atoms with van der Waals surface area (Å²) in [7, 11) is 1.58. The summed E-state index contributed by atoms with van der Waals surface area (Å²) in [6.07, 6.45) is 0. The Morgan fingerprint density at radius 2 is 1.75 bits per heavy atom. The molecule has 0 bridgehead atoms. The number of rotatable bonds is 7. The van der Waals surface area contributed by atoms with Crippen molar-refractivity contribution in [2.75, 3.05) is 7.11 Å². The van der Waals surface area contributed by atoms with Gasteiger partial charge in [0.2, 0.25) is 11.7 Å². The zero-order valence-corrected chi connectivity index (χ0v) is 20.0. The van der Waals surface area contributed by atoms with Crippen LogP contribution >= 0.6 is 0 Å². The number of amides is 1. The van der Waals surface area contributed by atoms with Gasteiger partial charge in [0.1, 0.15) is 12.3 Å². The molecule has 0 saturated carbocycles. The van der Waals surface area contributed by atoms with Crippen molar-refractivity contribution < 1.29 is 9.53 Å². The molecule has 0 fully saturated rings. The highest BCUT2D eigenvalue weighted by molar-refractivity contribution is 5.80. The lowest BCUT2D eigenvalue weighted by Gasteiger charge is -2.10. The van der Waals surface area contributed by atoms with E-state index in [1.807, 2.05) is 55.5 Å². The predicted molar refractivity (Wildman–Crippen MR) is 136 cm³/mol. The summed E-state index contributed by atoms with van der Waals surface area (Å²) in [6, 6.07) is 22.1. The minimum atomic E-state index is -0.490. The number of nitrogens with one attached hydrogen (secondary N) is 1. The van der Waals surface area contributed by atoms with Gasteiger partial charge < -0.3 is 10.1 Å². The Morgan fingerprint density at radius 1 is 0.972 bits per heavy atom. The predicted octanol–water partition coefficient (Wildman–Crippen LogP) is 2.49. The summed E-state index contributed by atoms with van der Waals surface area (Å²) >= 11 is 0. The molecule has 5 rings (SSSR count). The van der Waals surface area contributed by atoms with E-state index in [0.717, 1.165) is 21.4 Å². The molecule has 2 aromatic heterocycles. The Hall–Kier alpha value is -4.66. The van der Waals surface area contributed by atoms with Crippen LogP contribution in [0.3, 0.4) is 0 Å². The number of carbonyl (C=O) groups excluding carboxylic acids is 1. The molecule has 0 spiro atoms. The smallest absolute Gasteiger partial charge is 0.352 e. The molecule has 1 N–H and O–H groups in total. The molecular weight excluding hydrogens is 458 g/mol. The van der Waals surface area contributed by atoms with Gasteiger partial charge in [-0.15, -0.1) is 5.10 Å². The Bertz CT molecular complexity index is 1700. The molecule has 36 heavy (non-hydrogen) atoms. The molecule has 1 amide bonds. The van der Waals surface area contributed by atoms with E-state index < -0.39 is 5.69 Å². The first-order chi connectivity index (χ1) is 17.4. The molecule has 0 aliphatic heterocycles. The van der Waals surface area contributed by atoms with Crippen LogP contribution in [0.1, 0.15) is 16.7 Å². The molecule has 182 valence electrons. The fourth-order valence-electron chi connectivity index (χ4n) is 4.16. The molecule has 0 unspecified atom stereocenters. The third kappa shape index (κ3) is 4.38. The van der Waals surface area contributed by atoms with Crippen molar-refractivity contribution in [2.45, 2.75) is 26.6 Å². The molecule has 0 saturated heterocycles. The first-order valence-electron chi connectivity index (χ1n) is 11.5. The van der Waals surface area contributed by atoms with Crippen molar-refractivity contribution in [3.63, 3.8) is 0 Å². The lowest BCUT2D eigenvalue weighted by atomic mass is 10.1. The molecule has 3 aromatic carbocycles. The molecule has 0 aliphatic carbocycles. The third-order valence-corrected chi connectivity index (χ3v) is 6.06. The zero-order chi connectivity index (χ0) is 25.2. The van der Waals surface area contributed by atoms with Crippen LogP contribution < -0.4 is 21.3 Å². The van der Waals surface area contributed by atoms with E-state index in [1.54, 1.807) is 31.4 Å². The van der Waals surface area contributed by atoms with Gasteiger partial charge in [0.15, 0.2) is 0 Å². The Balaban J connectivity index is 1.51. The van der Waals surface area contributed by atoms with E-state index in [9.17, 15) is 14.4 Å². The van der Waals surface area contributed by atoms with Crippen LogP contribution in [0.15, 0.2) is 82.4 Å². The van der Waals surface area contributed by atoms with E-state index in [2.05, 4.69) is 10.4 Å². The minimum Gasteiger partial charge on any atom is -0.497 e. The van der Waals surface area contributed by atoms with Gasteiger partial charge in [0.25, 0.3) is 5.56 Å². The van der Waals surface area contributed by atoms with E-state index in [1.165, 1.54) is 8.97 Å². The van der Waals surface area contributed by atoms with Gasteiger partial charge in [-0.3, -0.25) is 14.2 Å². The van der Waals surface area contributed by atoms with Crippen LogP contribution in [0, 0.1) is 6.92 Å². The van der Waals surface area contributed by atoms with Crippen molar-refractivity contribution in [1.29, 1.82) is 0 Å². The summed E-state index contributed by atoms with van der Waals surface area (Å²) < 4.78 is 9.16. The molecule has 0 radical (unpaired) electrons. The van der Waals surface area contributed by atoms with E-state index in [4.69, 9.17) is 4.74 Å². The number of aryl methyl sites for hydroxylation is 1. The molecule has 9 nitrogen and oxygen atoms in total. The van der Waals surface area contributed by atoms with Crippen molar-refractivity contribution in [3.8, 4) is 5.75 Å². The van der Waals surface area contributed by atoms with Crippen molar-refractivity contribution >= 4 is 22.6 Å². The lowest BCUT2D eigenvalue weighted by Crippen LogP contribution is -2.32. The maximum Gasteiger partial charge on any atom is 0.352 e. The summed E-state index contributed by atoms with van der Waals surface area (Å²) in [4.78, 5) is 39.4. The minimum absolute atomic E-state index is 0.185. The third-order valence-electron chi connectivity index (χ3n) is 6.06. The maximum absolute atomic E-state index is 13.4. The average molecular weight is 484 g/mol. The van der Waals surface area contributed by atoms with Gasteiger partial charge in [-0.2, -0.15) is 0 Å². The van der Waals surface area contributed by atoms with Gasteiger partial charge in [0, 0.05) is 6.54 Å². The molecule has 9 heteroatoms. The number of methoxy groups -OCH3 is 1. The van der Waals surface area contributed by atoms with Gasteiger partial charge >= 0.3 is 5.69 Å². The van der Waals surface area contributed by atoms with E-state index in [-0.39, 0.29) is 36.9 Å². The molecular formula is C27H25N5O4. The van der Waals surface area contributed by atoms with Crippen molar-refractivity contribution in [3.05, 3.63) is 110 Å². The normalized spacial score (nSPS) is 11.2. The van der Waals surface area contributed by atoms with Crippen LogP contribution in [0.5, 0.6) is 5.75 Å². The Morgan fingerprint density at radius 3 is 2.53 bits per heavy atom. The van der Waals surface area contributed by atoms with Crippen molar-refractivity contribution in [2.24, 2.45) is 0 Å². The second kappa shape index (κ2) is 9.53. The highest BCUT2D eigenvalue weighted by Crippen LogP contribution is 2.14. The average Bonchev–Trinajstić information content (AvgIpc) is 3.22. The summed E-state index contributed by atoms with van der Waals surface area (Å²) in [5.74, 6) is 0.502. The summed E-state index contributed by atoms with van der Waals surface area (Å²) in [5.41, 5.74) is 2.58. The van der Waals surface area contributed by atoms with Crippen LogP contribution in [0.25, 0.3) is 16.7 Å². The van der Waals surface area contributed by atoms with Crippen LogP contribution in [0.2, 0.25) is 0 Å². The lowest BCUT2D eigenvalue weighted by molar-refractivity contribution is -0.122. The highest BCUT2D eigenvalue weighted by atomic mass is 16.5. The highest BCUT2D eigenvalue weighted by Gasteiger charge is 2.19. The number of aromatic nitrogens is 4. The number of benzene rings is 3. The number of hydrogen-bond donors (Lipinski definition) is 1. The van der Waals surface area contributed by atoms with Crippen molar-refractivity contribution in [1.82, 2.24) is 24.1 Å². The molecule has 5 aromatic rings. The van der Waals surface area contributed by atoms with Crippen LogP contribution in [-0.2, 0) is 24.4 Å². The zero-order valence-electron chi connectivity index (χ0n) is 20.0. The van der Waals surface area contributed by atoms with Gasteiger partial charge in [-0.25, -0.2) is 13.9 Å². The summed E-state index contributed by atoms with van der Waals surface area (Å²) in [6.45, 7) is 2.23. The van der Waals surface area contributed by atoms with Crippen LogP contribution in [-0.4, -0.2) is 31.8 Å². The fraction of sp³-hybridized carbons (Fsp3) is 0.185. The molecule has 2 heterocycles. The number of carbonyl (C=O) groups is 1. The Kier molecular flexibility index (Phi) is 6.12. The second-order valence-electron chi connectivity index (χ2n) is 8.60. The number of fused-ring (bicyclic) bond motifs is 3. The van der Waals surface area contributed by atoms with Gasteiger partial charge in [0.05, 0.1) is 24.6 Å². The fourth-order valence-corrected chi connectivity index (χ4v) is 4.16. The van der Waals surface area contributed by atoms with E-state index in [0.29, 0.717) is 16.7 Å². The summed E-state index contributed by atoms with van der Waals surface area (Å²) in [5, 5.41) is 7.62. The number of ether oxygens (including phenoxy) is 1. The topological polar surface area (TPSA) is 99.6 Å². The van der Waals surface area contributed by atoms with Gasteiger partial charge in [-0.05, 0) is 42.3 Å². The number of hydrogen-bond acceptors (Lipinski definition) is 5. The maximum atomic E-state index is 13.4. The standard InChI is InChI=1S/C27H25N5O4/c1-18-10-12-19(13-11-18)16-30-25(34)22-8-3-4-9-23(22)32-26(30)29-31(27(32)35)17-24(33)28-15-20-6-5-7-21(14-20)36-2/h3-14H,15-17H2,1-2H3,(H,28,33). The largest absolute Gasteiger partial charge is 0.497 e. The van der Waals surface area contributed by atoms with E-state index >= 15 is 0 Å². The quantitative estimate of drug-likeness (QED) is 0.384. The molecule has 0 atom stereocenters. The monoisotopic (exact) mass is 483 g/mol. The number of nitrogens with zero attached hydrogens (tertiary/aromatic N) is 4. The number of para-hydroxylation sites is 1. The second-order valence-corrected chi connectivity index (χ2v) is 8.60. The van der Waals surface area contributed by atoms with Gasteiger partial charge in [-0.1, -0.05) is 54.1 Å². The van der Waals surface area contributed by atoms with Crippen LogP contribution in [0.4, 0.5) is 0 Å². The molecule has 0 aliphatic rings. The first-order valence-corrected chi connectivity index (χ1v) is 11.5. The Labute approximate surface area is 206 Å².